The van der Waals surface area contributed by atoms with E-state index >= 15 is 0 Å². The summed E-state index contributed by atoms with van der Waals surface area (Å²) in [5.41, 5.74) is -0.394. The lowest BCUT2D eigenvalue weighted by atomic mass is 10.2. The molecule has 0 atom stereocenters. The second kappa shape index (κ2) is 7.40. The van der Waals surface area contributed by atoms with Crippen LogP contribution in [-0.2, 0) is 6.18 Å². The van der Waals surface area contributed by atoms with Gasteiger partial charge in [0, 0.05) is 17.4 Å². The summed E-state index contributed by atoms with van der Waals surface area (Å²) in [6.45, 7) is 0. The molecule has 0 bridgehead atoms. The summed E-state index contributed by atoms with van der Waals surface area (Å²) in [5.74, 6) is -0.825. The van der Waals surface area contributed by atoms with E-state index in [9.17, 15) is 22.4 Å². The van der Waals surface area contributed by atoms with Gasteiger partial charge in [-0.2, -0.15) is 13.2 Å². The third-order valence-corrected chi connectivity index (χ3v) is 3.46. The molecule has 0 aliphatic carbocycles. The number of nitrogens with zero attached hydrogens (tertiary/aromatic N) is 2. The van der Waals surface area contributed by atoms with Gasteiger partial charge < -0.3 is 10.6 Å². The highest BCUT2D eigenvalue weighted by atomic mass is 19.4. The van der Waals surface area contributed by atoms with Crippen LogP contribution in [0.1, 0.15) is 16.1 Å². The zero-order valence-corrected chi connectivity index (χ0v) is 13.6. The van der Waals surface area contributed by atoms with E-state index in [-0.39, 0.29) is 17.2 Å². The number of aromatic nitrogens is 2. The summed E-state index contributed by atoms with van der Waals surface area (Å²) < 4.78 is 51.2. The summed E-state index contributed by atoms with van der Waals surface area (Å²) in [7, 11) is 0. The SMILES string of the molecule is O=C(Nc1cccc(C(F)(F)F)c1)c1cc(Nc2ccc(F)cc2)ncn1. The Morgan fingerprint density at radius 3 is 2.37 bits per heavy atom. The summed E-state index contributed by atoms with van der Waals surface area (Å²) in [4.78, 5) is 20.0. The van der Waals surface area contributed by atoms with Crippen molar-refractivity contribution in [2.24, 2.45) is 0 Å². The van der Waals surface area contributed by atoms with Gasteiger partial charge in [-0.15, -0.1) is 0 Å². The molecule has 1 amide bonds. The van der Waals surface area contributed by atoms with Gasteiger partial charge in [0.05, 0.1) is 5.56 Å². The van der Waals surface area contributed by atoms with Gasteiger partial charge in [-0.25, -0.2) is 14.4 Å². The van der Waals surface area contributed by atoms with Crippen LogP contribution in [-0.4, -0.2) is 15.9 Å². The van der Waals surface area contributed by atoms with Crippen LogP contribution in [0.15, 0.2) is 60.9 Å². The largest absolute Gasteiger partial charge is 0.416 e. The summed E-state index contributed by atoms with van der Waals surface area (Å²) in [6, 6.07) is 11.1. The number of rotatable bonds is 4. The number of alkyl halides is 3. The van der Waals surface area contributed by atoms with Gasteiger partial charge in [0.2, 0.25) is 0 Å². The van der Waals surface area contributed by atoms with Gasteiger partial charge in [0.1, 0.15) is 23.7 Å². The molecular weight excluding hydrogens is 364 g/mol. The molecule has 5 nitrogen and oxygen atoms in total. The second-order valence-electron chi connectivity index (χ2n) is 5.45. The van der Waals surface area contributed by atoms with E-state index in [0.717, 1.165) is 18.5 Å². The number of halogens is 4. The van der Waals surface area contributed by atoms with E-state index in [2.05, 4.69) is 20.6 Å². The quantitative estimate of drug-likeness (QED) is 0.652. The van der Waals surface area contributed by atoms with Crippen LogP contribution < -0.4 is 10.6 Å². The third-order valence-electron chi connectivity index (χ3n) is 3.46. The molecule has 3 rings (SSSR count). The number of amides is 1. The molecule has 9 heteroatoms. The fraction of sp³-hybridized carbons (Fsp3) is 0.0556. The second-order valence-corrected chi connectivity index (χ2v) is 5.45. The number of hydrogen-bond acceptors (Lipinski definition) is 4. The normalized spacial score (nSPS) is 11.1. The Hall–Kier alpha value is -3.49. The Morgan fingerprint density at radius 2 is 1.67 bits per heavy atom. The molecule has 0 aliphatic rings. The molecule has 2 N–H and O–H groups in total. The van der Waals surface area contributed by atoms with Crippen molar-refractivity contribution >= 4 is 23.1 Å². The zero-order valence-electron chi connectivity index (χ0n) is 13.6. The number of nitrogens with one attached hydrogen (secondary N) is 2. The number of carbonyl (C=O) groups excluding carboxylic acids is 1. The molecule has 0 saturated heterocycles. The Bertz CT molecular complexity index is 958. The Balaban J connectivity index is 1.75. The van der Waals surface area contributed by atoms with Crippen molar-refractivity contribution in [3.05, 3.63) is 78.0 Å². The van der Waals surface area contributed by atoms with Gasteiger partial charge in [-0.1, -0.05) is 6.07 Å². The highest BCUT2D eigenvalue weighted by molar-refractivity contribution is 6.03. The van der Waals surface area contributed by atoms with E-state index in [1.165, 1.54) is 42.5 Å². The van der Waals surface area contributed by atoms with Gasteiger partial charge in [0.15, 0.2) is 0 Å². The maximum Gasteiger partial charge on any atom is 0.416 e. The third kappa shape index (κ3) is 4.78. The van der Waals surface area contributed by atoms with Crippen molar-refractivity contribution in [2.45, 2.75) is 6.18 Å². The number of anilines is 3. The number of hydrogen-bond donors (Lipinski definition) is 2. The van der Waals surface area contributed by atoms with Gasteiger partial charge in [0.25, 0.3) is 5.91 Å². The van der Waals surface area contributed by atoms with Crippen molar-refractivity contribution in [1.29, 1.82) is 0 Å². The molecule has 1 aromatic heterocycles. The van der Waals surface area contributed by atoms with Crippen molar-refractivity contribution in [1.82, 2.24) is 9.97 Å². The predicted octanol–water partition coefficient (Wildman–Crippen LogP) is 4.63. The molecule has 1 heterocycles. The minimum Gasteiger partial charge on any atom is -0.340 e. The lowest BCUT2D eigenvalue weighted by molar-refractivity contribution is -0.137. The van der Waals surface area contributed by atoms with Crippen LogP contribution in [0.3, 0.4) is 0 Å². The van der Waals surface area contributed by atoms with Crippen LogP contribution in [0.25, 0.3) is 0 Å². The summed E-state index contributed by atoms with van der Waals surface area (Å²) in [6.07, 6.45) is -3.38. The molecule has 0 aliphatic heterocycles. The van der Waals surface area contributed by atoms with Crippen molar-refractivity contribution in [2.75, 3.05) is 10.6 Å². The van der Waals surface area contributed by atoms with E-state index in [4.69, 9.17) is 0 Å². The molecule has 3 aromatic rings. The van der Waals surface area contributed by atoms with E-state index < -0.39 is 23.5 Å². The predicted molar refractivity (Wildman–Crippen MR) is 91.1 cm³/mol. The molecular formula is C18H12F4N4O. The van der Waals surface area contributed by atoms with Crippen LogP contribution >= 0.6 is 0 Å². The summed E-state index contributed by atoms with van der Waals surface area (Å²) >= 11 is 0. The molecule has 0 fully saturated rings. The van der Waals surface area contributed by atoms with Crippen LogP contribution in [0, 0.1) is 5.82 Å². The fourth-order valence-electron chi connectivity index (χ4n) is 2.20. The summed E-state index contributed by atoms with van der Waals surface area (Å²) in [5, 5.41) is 5.24. The van der Waals surface area contributed by atoms with Crippen molar-refractivity contribution in [3.8, 4) is 0 Å². The molecule has 2 aromatic carbocycles. The maximum atomic E-state index is 12.9. The van der Waals surface area contributed by atoms with Crippen LogP contribution in [0.4, 0.5) is 34.8 Å². The maximum absolute atomic E-state index is 12.9. The van der Waals surface area contributed by atoms with Gasteiger partial charge in [-0.05, 0) is 42.5 Å². The topological polar surface area (TPSA) is 66.9 Å². The van der Waals surface area contributed by atoms with Crippen LogP contribution in [0.5, 0.6) is 0 Å². The highest BCUT2D eigenvalue weighted by Gasteiger charge is 2.30. The molecule has 0 spiro atoms. The minimum absolute atomic E-state index is 0.0125. The van der Waals surface area contributed by atoms with E-state index in [1.807, 2.05) is 0 Å². The molecule has 0 saturated carbocycles. The van der Waals surface area contributed by atoms with E-state index in [0.29, 0.717) is 5.69 Å². The monoisotopic (exact) mass is 376 g/mol. The first-order valence-corrected chi connectivity index (χ1v) is 7.64. The average Bonchev–Trinajstić information content (AvgIpc) is 2.63. The Labute approximate surface area is 151 Å². The smallest absolute Gasteiger partial charge is 0.340 e. The molecule has 138 valence electrons. The first-order chi connectivity index (χ1) is 12.8. The average molecular weight is 376 g/mol. The molecule has 27 heavy (non-hydrogen) atoms. The highest BCUT2D eigenvalue weighted by Crippen LogP contribution is 2.30. The molecule has 0 unspecified atom stereocenters. The first kappa shape index (κ1) is 18.3. The zero-order chi connectivity index (χ0) is 19.4. The fourth-order valence-corrected chi connectivity index (χ4v) is 2.20. The number of carbonyl (C=O) groups is 1. The first-order valence-electron chi connectivity index (χ1n) is 7.64. The minimum atomic E-state index is -4.51. The van der Waals surface area contributed by atoms with Crippen molar-refractivity contribution in [3.63, 3.8) is 0 Å². The Kier molecular flexibility index (Phi) is 5.02. The Morgan fingerprint density at radius 1 is 0.926 bits per heavy atom. The lowest BCUT2D eigenvalue weighted by Crippen LogP contribution is -2.15. The van der Waals surface area contributed by atoms with Gasteiger partial charge in [-0.3, -0.25) is 4.79 Å². The van der Waals surface area contributed by atoms with Crippen LogP contribution in [0.2, 0.25) is 0 Å². The van der Waals surface area contributed by atoms with Gasteiger partial charge >= 0.3 is 6.18 Å². The van der Waals surface area contributed by atoms with E-state index in [1.54, 1.807) is 0 Å². The number of benzene rings is 2. The van der Waals surface area contributed by atoms with Crippen molar-refractivity contribution < 1.29 is 22.4 Å². The lowest BCUT2D eigenvalue weighted by Gasteiger charge is -2.10. The molecule has 0 radical (unpaired) electrons. The standard InChI is InChI=1S/C18H12F4N4O/c19-12-4-6-13(7-5-12)25-16-9-15(23-10-24-16)17(27)26-14-3-1-2-11(8-14)18(20,21)22/h1-10H,(H,26,27)(H,23,24,25).